The molecule has 0 bridgehead atoms. The number of benzene rings is 3. The van der Waals surface area contributed by atoms with Gasteiger partial charge in [0.2, 0.25) is 0 Å². The van der Waals surface area contributed by atoms with Crippen LogP contribution in [0.4, 0.5) is 14.5 Å². The van der Waals surface area contributed by atoms with Crippen LogP contribution in [-0.2, 0) is 24.5 Å². The fourth-order valence-corrected chi connectivity index (χ4v) is 4.52. The summed E-state index contributed by atoms with van der Waals surface area (Å²) in [5.41, 5.74) is 1.37. The van der Waals surface area contributed by atoms with E-state index in [4.69, 9.17) is 4.74 Å². The maximum Gasteiger partial charge on any atom is 0.350 e. The Morgan fingerprint density at radius 1 is 1.10 bits per heavy atom. The number of aliphatic hydroxyl groups is 1. The number of hydrogen-bond donors (Lipinski definition) is 2. The van der Waals surface area contributed by atoms with Crippen molar-refractivity contribution >= 4 is 11.6 Å². The lowest BCUT2D eigenvalue weighted by atomic mass is 9.89. The van der Waals surface area contributed by atoms with Gasteiger partial charge in [-0.3, -0.25) is 9.36 Å². The molecule has 0 aliphatic heterocycles. The van der Waals surface area contributed by atoms with Gasteiger partial charge in [-0.25, -0.2) is 13.6 Å². The first-order chi connectivity index (χ1) is 19.6. The Hall–Kier alpha value is -4.41. The lowest BCUT2D eigenvalue weighted by Gasteiger charge is -2.20. The maximum atomic E-state index is 15.6. The summed E-state index contributed by atoms with van der Waals surface area (Å²) in [5.74, 6) is -2.81. The molecule has 214 valence electrons. The highest BCUT2D eigenvalue weighted by molar-refractivity contribution is 6.05. The van der Waals surface area contributed by atoms with Crippen LogP contribution in [-0.4, -0.2) is 32.0 Å². The van der Waals surface area contributed by atoms with Gasteiger partial charge in [0.15, 0.2) is 5.82 Å². The van der Waals surface area contributed by atoms with Crippen LogP contribution in [0.5, 0.6) is 0 Å². The van der Waals surface area contributed by atoms with Gasteiger partial charge in [-0.15, -0.1) is 5.10 Å². The smallest absolute Gasteiger partial charge is 0.350 e. The second-order valence-electron chi connectivity index (χ2n) is 9.74. The van der Waals surface area contributed by atoms with E-state index in [2.05, 4.69) is 17.0 Å². The molecular weight excluding hydrogens is 530 g/mol. The molecule has 41 heavy (non-hydrogen) atoms. The fraction of sp³-hybridized carbons (Fsp3) is 0.258. The second-order valence-corrected chi connectivity index (χ2v) is 9.74. The lowest BCUT2D eigenvalue weighted by Crippen LogP contribution is -2.26. The molecule has 0 aliphatic carbocycles. The third-order valence-corrected chi connectivity index (χ3v) is 6.71. The number of anilines is 1. The van der Waals surface area contributed by atoms with E-state index in [1.807, 2.05) is 30.3 Å². The number of aliphatic hydroxyl groups excluding tert-OH is 1. The van der Waals surface area contributed by atoms with Crippen molar-refractivity contribution in [3.8, 4) is 5.69 Å². The minimum Gasteiger partial charge on any atom is -0.395 e. The van der Waals surface area contributed by atoms with E-state index in [9.17, 15) is 19.1 Å². The molecule has 1 aromatic heterocycles. The van der Waals surface area contributed by atoms with Crippen LogP contribution in [0.3, 0.4) is 0 Å². The van der Waals surface area contributed by atoms with Crippen molar-refractivity contribution in [1.29, 1.82) is 0 Å². The Morgan fingerprint density at radius 2 is 1.83 bits per heavy atom. The Morgan fingerprint density at radius 3 is 2.49 bits per heavy atom. The summed E-state index contributed by atoms with van der Waals surface area (Å²) >= 11 is 0. The van der Waals surface area contributed by atoms with Gasteiger partial charge in [-0.1, -0.05) is 48.6 Å². The van der Waals surface area contributed by atoms with Gasteiger partial charge in [0, 0.05) is 18.0 Å². The van der Waals surface area contributed by atoms with Gasteiger partial charge in [-0.2, -0.15) is 4.68 Å². The SMILES string of the molecule is C=C(C)C(CO)c1cc(-n2nc(COCc3ccccc3)n(CC)c2=O)c(F)cc1C(=O)Nc1cc(C)ccc1F. The molecule has 0 fully saturated rings. The topological polar surface area (TPSA) is 98.4 Å². The molecule has 0 aliphatic rings. The Labute approximate surface area is 236 Å². The Kier molecular flexibility index (Phi) is 9.26. The first-order valence-corrected chi connectivity index (χ1v) is 13.1. The average Bonchev–Trinajstić information content (AvgIpc) is 3.26. The number of aryl methyl sites for hydroxylation is 1. The number of ether oxygens (including phenoxy) is 1. The summed E-state index contributed by atoms with van der Waals surface area (Å²) in [6.07, 6.45) is 0. The summed E-state index contributed by atoms with van der Waals surface area (Å²) in [5, 5.41) is 17.0. The number of amides is 1. The molecular formula is C31H32F2N4O4. The molecule has 0 saturated carbocycles. The Balaban J connectivity index is 1.74. The first-order valence-electron chi connectivity index (χ1n) is 13.1. The minimum atomic E-state index is -0.901. The van der Waals surface area contributed by atoms with E-state index in [-0.39, 0.29) is 35.7 Å². The molecule has 2 N–H and O–H groups in total. The van der Waals surface area contributed by atoms with Gasteiger partial charge in [0.1, 0.15) is 23.9 Å². The number of hydrogen-bond acceptors (Lipinski definition) is 5. The molecule has 1 amide bonds. The fourth-order valence-electron chi connectivity index (χ4n) is 4.52. The van der Waals surface area contributed by atoms with Crippen molar-refractivity contribution in [3.63, 3.8) is 0 Å². The molecule has 0 saturated heterocycles. The molecule has 0 radical (unpaired) electrons. The van der Waals surface area contributed by atoms with Crippen molar-refractivity contribution in [2.75, 3.05) is 11.9 Å². The van der Waals surface area contributed by atoms with Crippen molar-refractivity contribution in [1.82, 2.24) is 14.3 Å². The lowest BCUT2D eigenvalue weighted by molar-refractivity contribution is 0.0989. The first kappa shape index (κ1) is 29.6. The van der Waals surface area contributed by atoms with Gasteiger partial charge in [0.05, 0.1) is 18.9 Å². The van der Waals surface area contributed by atoms with Crippen LogP contribution >= 0.6 is 0 Å². The highest BCUT2D eigenvalue weighted by atomic mass is 19.1. The molecule has 3 aromatic carbocycles. The highest BCUT2D eigenvalue weighted by Crippen LogP contribution is 2.30. The molecule has 1 atom stereocenters. The van der Waals surface area contributed by atoms with E-state index < -0.39 is 35.8 Å². The van der Waals surface area contributed by atoms with Gasteiger partial charge in [-0.05, 0) is 61.7 Å². The maximum absolute atomic E-state index is 15.6. The van der Waals surface area contributed by atoms with E-state index in [1.54, 1.807) is 26.8 Å². The van der Waals surface area contributed by atoms with E-state index in [0.717, 1.165) is 16.3 Å². The summed E-state index contributed by atoms with van der Waals surface area (Å²) in [7, 11) is 0. The van der Waals surface area contributed by atoms with E-state index in [1.165, 1.54) is 22.8 Å². The molecule has 1 heterocycles. The van der Waals surface area contributed by atoms with Crippen LogP contribution in [0.25, 0.3) is 5.69 Å². The summed E-state index contributed by atoms with van der Waals surface area (Å²) in [6.45, 7) is 9.20. The van der Waals surface area contributed by atoms with Crippen LogP contribution in [0, 0.1) is 18.6 Å². The molecule has 0 spiro atoms. The summed E-state index contributed by atoms with van der Waals surface area (Å²) in [4.78, 5) is 26.6. The monoisotopic (exact) mass is 562 g/mol. The van der Waals surface area contributed by atoms with Crippen LogP contribution < -0.4 is 11.0 Å². The second kappa shape index (κ2) is 12.8. The summed E-state index contributed by atoms with van der Waals surface area (Å²) in [6, 6.07) is 16.0. The normalized spacial score (nSPS) is 11.9. The third-order valence-electron chi connectivity index (χ3n) is 6.71. The zero-order valence-corrected chi connectivity index (χ0v) is 23.2. The highest BCUT2D eigenvalue weighted by Gasteiger charge is 2.26. The number of rotatable bonds is 11. The van der Waals surface area contributed by atoms with Crippen LogP contribution in [0.15, 0.2) is 77.6 Å². The van der Waals surface area contributed by atoms with E-state index >= 15 is 4.39 Å². The van der Waals surface area contributed by atoms with Crippen LogP contribution in [0.2, 0.25) is 0 Å². The van der Waals surface area contributed by atoms with Crippen LogP contribution in [0.1, 0.15) is 52.6 Å². The molecule has 4 aromatic rings. The largest absolute Gasteiger partial charge is 0.395 e. The summed E-state index contributed by atoms with van der Waals surface area (Å²) < 4.78 is 38.1. The molecule has 1 unspecified atom stereocenters. The van der Waals surface area contributed by atoms with Crippen molar-refractivity contribution in [2.24, 2.45) is 0 Å². The van der Waals surface area contributed by atoms with Gasteiger partial charge < -0.3 is 15.2 Å². The number of carbonyl (C=O) groups is 1. The zero-order chi connectivity index (χ0) is 29.7. The molecule has 8 nitrogen and oxygen atoms in total. The number of nitrogens with one attached hydrogen (secondary N) is 1. The number of halogens is 2. The number of nitrogens with zero attached hydrogens (tertiary/aromatic N) is 3. The van der Waals surface area contributed by atoms with Crippen molar-refractivity contribution in [3.05, 3.63) is 123 Å². The average molecular weight is 563 g/mol. The predicted octanol–water partition coefficient (Wildman–Crippen LogP) is 5.26. The molecule has 4 rings (SSSR count). The Bertz CT molecular complexity index is 1630. The van der Waals surface area contributed by atoms with E-state index in [0.29, 0.717) is 23.6 Å². The standard InChI is InChI=1S/C31H32F2N4O4/c1-5-36-29(18-41-17-21-9-7-6-8-10-21)35-37(31(36)40)28-15-22(24(16-38)19(2)3)23(14-26(28)33)30(39)34-27-13-20(4)11-12-25(27)32/h6-15,24,38H,2,5,16-18H2,1,3-4H3,(H,34,39). The number of aromatic nitrogens is 3. The van der Waals surface area contributed by atoms with Crippen molar-refractivity contribution in [2.45, 2.75) is 46.4 Å². The predicted molar refractivity (Wildman–Crippen MR) is 152 cm³/mol. The minimum absolute atomic E-state index is 0.00697. The third kappa shape index (κ3) is 6.50. The quantitative estimate of drug-likeness (QED) is 0.243. The van der Waals surface area contributed by atoms with Gasteiger partial charge >= 0.3 is 5.69 Å². The zero-order valence-electron chi connectivity index (χ0n) is 23.2. The number of carbonyl (C=O) groups excluding carboxylic acids is 1. The van der Waals surface area contributed by atoms with Crippen molar-refractivity contribution < 1.29 is 23.4 Å². The van der Waals surface area contributed by atoms with Gasteiger partial charge in [0.25, 0.3) is 5.91 Å². The molecule has 10 heteroatoms.